The molecule has 58 heavy (non-hydrogen) atoms. The number of fused-ring (bicyclic) bond motifs is 6. The number of hydrogen-bond donors (Lipinski definition) is 0. The SMILES string of the molecule is c1ccc(-c2ccc(N(c3ccc4c(c3)c(-c3ccccc3)c(-c3ccccc3)c3ccccc34)c3cccc4c5ccccc5n(-c5ccccc5)c34)cc2)cc1. The van der Waals surface area contributed by atoms with Crippen molar-refractivity contribution in [3.8, 4) is 39.1 Å². The highest BCUT2D eigenvalue weighted by molar-refractivity contribution is 6.22. The van der Waals surface area contributed by atoms with E-state index in [0.29, 0.717) is 0 Å². The molecule has 0 atom stereocenters. The smallest absolute Gasteiger partial charge is 0.0782 e. The third-order valence-electron chi connectivity index (χ3n) is 11.6. The highest BCUT2D eigenvalue weighted by Gasteiger charge is 2.24. The second kappa shape index (κ2) is 14.1. The number of aromatic nitrogens is 1. The molecule has 11 aromatic rings. The summed E-state index contributed by atoms with van der Waals surface area (Å²) in [7, 11) is 0. The molecular weight excluding hydrogens is 701 g/mol. The molecule has 11 rings (SSSR count). The van der Waals surface area contributed by atoms with Crippen LogP contribution in [0.4, 0.5) is 17.1 Å². The first-order chi connectivity index (χ1) is 28.8. The minimum Gasteiger partial charge on any atom is -0.308 e. The van der Waals surface area contributed by atoms with Crippen LogP contribution in [0.1, 0.15) is 0 Å². The van der Waals surface area contributed by atoms with Crippen molar-refractivity contribution in [3.63, 3.8) is 0 Å². The fourth-order valence-corrected chi connectivity index (χ4v) is 9.01. The average molecular weight is 739 g/mol. The first-order valence-electron chi connectivity index (χ1n) is 19.9. The highest BCUT2D eigenvalue weighted by atomic mass is 15.2. The Kier molecular flexibility index (Phi) is 8.19. The summed E-state index contributed by atoms with van der Waals surface area (Å²) in [4.78, 5) is 2.46. The zero-order valence-electron chi connectivity index (χ0n) is 31.8. The molecule has 0 radical (unpaired) electrons. The van der Waals surface area contributed by atoms with Gasteiger partial charge in [-0.3, -0.25) is 0 Å². The summed E-state index contributed by atoms with van der Waals surface area (Å²) in [6.45, 7) is 0. The predicted octanol–water partition coefficient (Wildman–Crippen LogP) is 15.6. The monoisotopic (exact) mass is 738 g/mol. The van der Waals surface area contributed by atoms with Gasteiger partial charge in [0, 0.05) is 27.8 Å². The Morgan fingerprint density at radius 1 is 0.293 bits per heavy atom. The topological polar surface area (TPSA) is 8.17 Å². The minimum absolute atomic E-state index is 1.08. The summed E-state index contributed by atoms with van der Waals surface area (Å²) >= 11 is 0. The van der Waals surface area contributed by atoms with Crippen LogP contribution in [0.5, 0.6) is 0 Å². The van der Waals surface area contributed by atoms with Crippen molar-refractivity contribution in [2.45, 2.75) is 0 Å². The lowest BCUT2D eigenvalue weighted by Crippen LogP contribution is -2.12. The number of hydrogen-bond acceptors (Lipinski definition) is 1. The molecular formula is C56H38N2. The molecule has 0 N–H and O–H groups in total. The van der Waals surface area contributed by atoms with Crippen LogP contribution < -0.4 is 4.90 Å². The lowest BCUT2D eigenvalue weighted by Gasteiger charge is -2.28. The van der Waals surface area contributed by atoms with Crippen LogP contribution in [0, 0.1) is 0 Å². The van der Waals surface area contributed by atoms with E-state index in [2.05, 4.69) is 240 Å². The Morgan fingerprint density at radius 2 is 0.776 bits per heavy atom. The van der Waals surface area contributed by atoms with E-state index in [1.165, 1.54) is 71.2 Å². The van der Waals surface area contributed by atoms with E-state index in [4.69, 9.17) is 0 Å². The maximum Gasteiger partial charge on any atom is 0.0782 e. The van der Waals surface area contributed by atoms with E-state index in [-0.39, 0.29) is 0 Å². The molecule has 0 unspecified atom stereocenters. The molecule has 0 aliphatic heterocycles. The van der Waals surface area contributed by atoms with E-state index in [1.54, 1.807) is 0 Å². The first-order valence-corrected chi connectivity index (χ1v) is 19.9. The van der Waals surface area contributed by atoms with Crippen LogP contribution in [0.25, 0.3) is 82.4 Å². The van der Waals surface area contributed by atoms with Crippen LogP contribution in [-0.2, 0) is 0 Å². The molecule has 2 heteroatoms. The third kappa shape index (κ3) is 5.57. The molecule has 1 aromatic heterocycles. The molecule has 0 aliphatic carbocycles. The number of nitrogens with zero attached hydrogens (tertiary/aromatic N) is 2. The molecule has 0 fully saturated rings. The van der Waals surface area contributed by atoms with Crippen molar-refractivity contribution in [2.24, 2.45) is 0 Å². The largest absolute Gasteiger partial charge is 0.308 e. The zero-order valence-corrected chi connectivity index (χ0v) is 31.8. The van der Waals surface area contributed by atoms with Crippen molar-refractivity contribution in [2.75, 3.05) is 4.90 Å². The van der Waals surface area contributed by atoms with E-state index < -0.39 is 0 Å². The van der Waals surface area contributed by atoms with Crippen molar-refractivity contribution in [1.82, 2.24) is 4.57 Å². The Morgan fingerprint density at radius 3 is 1.45 bits per heavy atom. The lowest BCUT2D eigenvalue weighted by atomic mass is 9.85. The minimum atomic E-state index is 1.08. The summed E-state index contributed by atoms with van der Waals surface area (Å²) in [6.07, 6.45) is 0. The molecule has 0 aliphatic rings. The van der Waals surface area contributed by atoms with Gasteiger partial charge >= 0.3 is 0 Å². The fourth-order valence-electron chi connectivity index (χ4n) is 9.01. The summed E-state index contributed by atoms with van der Waals surface area (Å²) in [5.74, 6) is 0. The van der Waals surface area contributed by atoms with E-state index in [9.17, 15) is 0 Å². The Hall–Kier alpha value is -7.68. The first kappa shape index (κ1) is 33.6. The quantitative estimate of drug-likeness (QED) is 0.148. The third-order valence-corrected chi connectivity index (χ3v) is 11.6. The van der Waals surface area contributed by atoms with Crippen LogP contribution in [-0.4, -0.2) is 4.57 Å². The van der Waals surface area contributed by atoms with Gasteiger partial charge in [0.2, 0.25) is 0 Å². The summed E-state index contributed by atoms with van der Waals surface area (Å²) < 4.78 is 2.43. The number of benzene rings is 10. The zero-order chi connectivity index (χ0) is 38.4. The number of anilines is 3. The van der Waals surface area contributed by atoms with Gasteiger partial charge < -0.3 is 9.47 Å². The lowest BCUT2D eigenvalue weighted by molar-refractivity contribution is 1.17. The van der Waals surface area contributed by atoms with Crippen molar-refractivity contribution < 1.29 is 0 Å². The second-order valence-corrected chi connectivity index (χ2v) is 14.9. The van der Waals surface area contributed by atoms with Gasteiger partial charge in [0.25, 0.3) is 0 Å². The average Bonchev–Trinajstić information content (AvgIpc) is 3.65. The van der Waals surface area contributed by atoms with Gasteiger partial charge in [-0.2, -0.15) is 0 Å². The van der Waals surface area contributed by atoms with Crippen LogP contribution in [0.2, 0.25) is 0 Å². The normalized spacial score (nSPS) is 11.4. The van der Waals surface area contributed by atoms with E-state index in [1.807, 2.05) is 0 Å². The molecule has 0 spiro atoms. The maximum atomic E-state index is 2.46. The van der Waals surface area contributed by atoms with Gasteiger partial charge in [-0.1, -0.05) is 182 Å². The van der Waals surface area contributed by atoms with Crippen LogP contribution >= 0.6 is 0 Å². The molecule has 2 nitrogen and oxygen atoms in total. The summed E-state index contributed by atoms with van der Waals surface area (Å²) in [5, 5.41) is 7.38. The predicted molar refractivity (Wildman–Crippen MR) is 247 cm³/mol. The second-order valence-electron chi connectivity index (χ2n) is 14.9. The molecule has 10 aromatic carbocycles. The molecule has 272 valence electrons. The van der Waals surface area contributed by atoms with Gasteiger partial charge in [-0.15, -0.1) is 0 Å². The van der Waals surface area contributed by atoms with Crippen LogP contribution in [0.15, 0.2) is 231 Å². The fraction of sp³-hybridized carbons (Fsp3) is 0. The highest BCUT2D eigenvalue weighted by Crippen LogP contribution is 2.48. The van der Waals surface area contributed by atoms with Gasteiger partial charge in [0.05, 0.1) is 16.7 Å². The van der Waals surface area contributed by atoms with Gasteiger partial charge in [-0.25, -0.2) is 0 Å². The maximum absolute atomic E-state index is 2.46. The molecule has 1 heterocycles. The Labute approximate surface area is 338 Å². The summed E-state index contributed by atoms with van der Waals surface area (Å²) in [6, 6.07) is 83.7. The van der Waals surface area contributed by atoms with Crippen molar-refractivity contribution in [3.05, 3.63) is 231 Å². The molecule has 0 saturated carbocycles. The molecule has 0 saturated heterocycles. The number of rotatable bonds is 7. The molecule has 0 bridgehead atoms. The number of para-hydroxylation sites is 3. The Balaban J connectivity index is 1.25. The van der Waals surface area contributed by atoms with Gasteiger partial charge in [-0.05, 0) is 103 Å². The van der Waals surface area contributed by atoms with E-state index in [0.717, 1.165) is 28.3 Å². The van der Waals surface area contributed by atoms with Gasteiger partial charge in [0.1, 0.15) is 0 Å². The van der Waals surface area contributed by atoms with E-state index >= 15 is 0 Å². The van der Waals surface area contributed by atoms with Gasteiger partial charge in [0.15, 0.2) is 0 Å². The standard InChI is InChI=1S/C56H38N2/c1-5-18-39(19-6-1)40-32-34-44(35-33-40)57(53-31-17-29-50-48-27-15-16-30-52(48)58(56(50)53)43-24-11-4-12-25-43)45-36-37-47-46-26-13-14-28-49(46)54(41-20-7-2-8-21-41)55(51(47)38-45)42-22-9-3-10-23-42/h1-38H. The van der Waals surface area contributed by atoms with Crippen molar-refractivity contribution >= 4 is 60.4 Å². The molecule has 0 amide bonds. The Bertz CT molecular complexity index is 3240. The van der Waals surface area contributed by atoms with Crippen LogP contribution in [0.3, 0.4) is 0 Å². The summed E-state index contributed by atoms with van der Waals surface area (Å²) in [5.41, 5.74) is 14.0. The van der Waals surface area contributed by atoms with Crippen molar-refractivity contribution in [1.29, 1.82) is 0 Å².